The van der Waals surface area contributed by atoms with Crippen molar-refractivity contribution >= 4 is 10.0 Å². The Labute approximate surface area is 143 Å². The first-order chi connectivity index (χ1) is 11.5. The summed E-state index contributed by atoms with van der Waals surface area (Å²) < 4.78 is 28.1. The molecule has 1 aliphatic rings. The summed E-state index contributed by atoms with van der Waals surface area (Å²) in [6.45, 7) is 6.54. The molecule has 3 rings (SSSR count). The summed E-state index contributed by atoms with van der Waals surface area (Å²) in [4.78, 5) is 2.34. The van der Waals surface area contributed by atoms with E-state index in [0.717, 1.165) is 25.3 Å². The van der Waals surface area contributed by atoms with E-state index in [2.05, 4.69) is 45.9 Å². The van der Waals surface area contributed by atoms with Crippen LogP contribution in [0.25, 0.3) is 0 Å². The van der Waals surface area contributed by atoms with E-state index in [9.17, 15) is 8.42 Å². The van der Waals surface area contributed by atoms with E-state index in [1.165, 1.54) is 11.1 Å². The normalized spacial score (nSPS) is 18.5. The maximum absolute atomic E-state index is 11.7. The first kappa shape index (κ1) is 17.1. The van der Waals surface area contributed by atoms with Crippen LogP contribution in [0.3, 0.4) is 0 Å². The van der Waals surface area contributed by atoms with Gasteiger partial charge in [-0.1, -0.05) is 29.8 Å². The van der Waals surface area contributed by atoms with Gasteiger partial charge in [0.05, 0.1) is 17.5 Å². The van der Waals surface area contributed by atoms with E-state index in [0.29, 0.717) is 6.54 Å². The number of hydrogen-bond acceptors (Lipinski definition) is 4. The Balaban J connectivity index is 1.72. The minimum Gasteiger partial charge on any atom is -0.291 e. The number of nitrogens with one attached hydrogen (secondary N) is 1. The third kappa shape index (κ3) is 4.03. The fraction of sp³-hybridized carbons (Fsp3) is 0.471. The van der Waals surface area contributed by atoms with Crippen LogP contribution in [-0.2, 0) is 23.1 Å². The Bertz CT molecular complexity index is 783. The maximum atomic E-state index is 11.7. The van der Waals surface area contributed by atoms with Gasteiger partial charge >= 0.3 is 0 Å². The van der Waals surface area contributed by atoms with Crippen LogP contribution in [0.4, 0.5) is 0 Å². The van der Waals surface area contributed by atoms with Gasteiger partial charge in [0.15, 0.2) is 0 Å². The molecule has 7 heteroatoms. The lowest BCUT2D eigenvalue weighted by atomic mass is 10.1. The molecule has 2 aromatic rings. The molecule has 6 nitrogen and oxygen atoms in total. The highest BCUT2D eigenvalue weighted by molar-refractivity contribution is 7.89. The molecule has 0 aliphatic carbocycles. The predicted octanol–water partition coefficient (Wildman–Crippen LogP) is 1.69. The minimum atomic E-state index is -3.20. The minimum absolute atomic E-state index is 0.00974. The summed E-state index contributed by atoms with van der Waals surface area (Å²) in [6, 6.07) is 10.6. The molecule has 0 saturated carbocycles. The standard InChI is InChI=1S/C17H24N4O2S/c1-3-24(22,23)19-10-17-13-20(12-16-8-9-18-21(16)17)11-15-6-4-14(2)5-7-15/h4-9,17,19H,3,10-13H2,1-2H3. The van der Waals surface area contributed by atoms with Gasteiger partial charge in [0.25, 0.3) is 0 Å². The quantitative estimate of drug-likeness (QED) is 0.863. The molecule has 0 saturated heterocycles. The Morgan fingerprint density at radius 3 is 2.71 bits per heavy atom. The summed E-state index contributed by atoms with van der Waals surface area (Å²) in [6.07, 6.45) is 1.78. The summed E-state index contributed by atoms with van der Waals surface area (Å²) in [7, 11) is -3.20. The monoisotopic (exact) mass is 348 g/mol. The fourth-order valence-corrected chi connectivity index (χ4v) is 3.66. The van der Waals surface area contributed by atoms with Crippen LogP contribution in [0.2, 0.25) is 0 Å². The highest BCUT2D eigenvalue weighted by Gasteiger charge is 2.26. The molecule has 1 N–H and O–H groups in total. The molecular weight excluding hydrogens is 324 g/mol. The molecule has 0 radical (unpaired) electrons. The number of fused-ring (bicyclic) bond motifs is 1. The van der Waals surface area contributed by atoms with E-state index in [1.807, 2.05) is 10.7 Å². The number of aryl methyl sites for hydroxylation is 1. The molecule has 0 bridgehead atoms. The van der Waals surface area contributed by atoms with Crippen molar-refractivity contribution in [2.24, 2.45) is 0 Å². The summed E-state index contributed by atoms with van der Waals surface area (Å²) in [5.74, 6) is 0.0960. The lowest BCUT2D eigenvalue weighted by Gasteiger charge is -2.34. The lowest BCUT2D eigenvalue weighted by Crippen LogP contribution is -2.42. The number of sulfonamides is 1. The fourth-order valence-electron chi connectivity index (χ4n) is 3.01. The van der Waals surface area contributed by atoms with Crippen LogP contribution in [0.1, 0.15) is 29.8 Å². The largest absolute Gasteiger partial charge is 0.291 e. The molecule has 0 spiro atoms. The van der Waals surface area contributed by atoms with Crippen molar-refractivity contribution in [3.63, 3.8) is 0 Å². The molecule has 0 fully saturated rings. The highest BCUT2D eigenvalue weighted by Crippen LogP contribution is 2.22. The lowest BCUT2D eigenvalue weighted by molar-refractivity contribution is 0.168. The van der Waals surface area contributed by atoms with Crippen molar-refractivity contribution in [1.29, 1.82) is 0 Å². The van der Waals surface area contributed by atoms with Crippen LogP contribution in [0.5, 0.6) is 0 Å². The van der Waals surface area contributed by atoms with E-state index in [-0.39, 0.29) is 11.8 Å². The number of rotatable bonds is 6. The van der Waals surface area contributed by atoms with E-state index in [4.69, 9.17) is 0 Å². The highest BCUT2D eigenvalue weighted by atomic mass is 32.2. The first-order valence-corrected chi connectivity index (χ1v) is 9.89. The zero-order chi connectivity index (χ0) is 17.2. The van der Waals surface area contributed by atoms with Gasteiger partial charge in [-0.25, -0.2) is 13.1 Å². The van der Waals surface area contributed by atoms with Crippen molar-refractivity contribution < 1.29 is 8.42 Å². The van der Waals surface area contributed by atoms with Crippen molar-refractivity contribution in [3.8, 4) is 0 Å². The van der Waals surface area contributed by atoms with Gasteiger partial charge < -0.3 is 0 Å². The Morgan fingerprint density at radius 2 is 2.00 bits per heavy atom. The predicted molar refractivity (Wildman–Crippen MR) is 94.0 cm³/mol. The SMILES string of the molecule is CCS(=O)(=O)NCC1CN(Cc2ccc(C)cc2)Cc2ccnn21. The molecule has 1 aliphatic heterocycles. The maximum Gasteiger partial charge on any atom is 0.211 e. The number of benzene rings is 1. The van der Waals surface area contributed by atoms with Gasteiger partial charge in [0.1, 0.15) is 0 Å². The first-order valence-electron chi connectivity index (χ1n) is 8.24. The molecule has 24 heavy (non-hydrogen) atoms. The molecule has 1 aromatic heterocycles. The van der Waals surface area contributed by atoms with E-state index in [1.54, 1.807) is 13.1 Å². The second-order valence-corrected chi connectivity index (χ2v) is 8.42. The zero-order valence-corrected chi connectivity index (χ0v) is 15.0. The smallest absolute Gasteiger partial charge is 0.211 e. The molecule has 1 aromatic carbocycles. The molecule has 130 valence electrons. The summed E-state index contributed by atoms with van der Waals surface area (Å²) >= 11 is 0. The second kappa shape index (κ2) is 7.04. The third-order valence-electron chi connectivity index (χ3n) is 4.40. The molecule has 1 unspecified atom stereocenters. The number of hydrogen-bond donors (Lipinski definition) is 1. The second-order valence-electron chi connectivity index (χ2n) is 6.33. The molecular formula is C17H24N4O2S. The van der Waals surface area contributed by atoms with Gasteiger partial charge in [0.2, 0.25) is 10.0 Å². The molecule has 2 heterocycles. The third-order valence-corrected chi connectivity index (χ3v) is 5.76. The van der Waals surface area contributed by atoms with Gasteiger partial charge in [-0.05, 0) is 25.5 Å². The van der Waals surface area contributed by atoms with Gasteiger partial charge in [-0.15, -0.1) is 0 Å². The van der Waals surface area contributed by atoms with Gasteiger partial charge in [-0.2, -0.15) is 5.10 Å². The summed E-state index contributed by atoms with van der Waals surface area (Å²) in [5.41, 5.74) is 3.64. The Hall–Kier alpha value is -1.70. The van der Waals surface area contributed by atoms with Crippen LogP contribution < -0.4 is 4.72 Å². The number of aromatic nitrogens is 2. The van der Waals surface area contributed by atoms with Crippen LogP contribution in [-0.4, -0.2) is 41.9 Å². The van der Waals surface area contributed by atoms with Crippen molar-refractivity contribution in [3.05, 3.63) is 53.3 Å². The van der Waals surface area contributed by atoms with Gasteiger partial charge in [0, 0.05) is 32.4 Å². The van der Waals surface area contributed by atoms with Crippen molar-refractivity contribution in [2.75, 3.05) is 18.8 Å². The van der Waals surface area contributed by atoms with Crippen LogP contribution in [0.15, 0.2) is 36.5 Å². The van der Waals surface area contributed by atoms with Crippen LogP contribution >= 0.6 is 0 Å². The summed E-state index contributed by atoms with van der Waals surface area (Å²) in [5, 5.41) is 4.37. The zero-order valence-electron chi connectivity index (χ0n) is 14.1. The molecule has 0 amide bonds. The number of nitrogens with zero attached hydrogens (tertiary/aromatic N) is 3. The Morgan fingerprint density at radius 1 is 1.25 bits per heavy atom. The average Bonchev–Trinajstić information content (AvgIpc) is 3.03. The Kier molecular flexibility index (Phi) is 5.03. The average molecular weight is 348 g/mol. The van der Waals surface area contributed by atoms with Crippen molar-refractivity contribution in [2.45, 2.75) is 33.0 Å². The van der Waals surface area contributed by atoms with E-state index < -0.39 is 10.0 Å². The topological polar surface area (TPSA) is 67.2 Å². The molecule has 1 atom stereocenters. The van der Waals surface area contributed by atoms with Gasteiger partial charge in [-0.3, -0.25) is 9.58 Å². The van der Waals surface area contributed by atoms with E-state index >= 15 is 0 Å². The van der Waals surface area contributed by atoms with Crippen molar-refractivity contribution in [1.82, 2.24) is 19.4 Å². The van der Waals surface area contributed by atoms with Crippen LogP contribution in [0, 0.1) is 6.92 Å².